The first-order valence-corrected chi connectivity index (χ1v) is 14.5. The van der Waals surface area contributed by atoms with Crippen molar-refractivity contribution in [1.29, 1.82) is 0 Å². The van der Waals surface area contributed by atoms with Crippen molar-refractivity contribution in [3.8, 4) is 17.1 Å². The summed E-state index contributed by atoms with van der Waals surface area (Å²) in [4.78, 5) is 6.34. The summed E-state index contributed by atoms with van der Waals surface area (Å²) in [6.07, 6.45) is 2.75. The highest BCUT2D eigenvalue weighted by molar-refractivity contribution is 9.10. The maximum absolute atomic E-state index is 14.7. The Bertz CT molecular complexity index is 1610. The van der Waals surface area contributed by atoms with Gasteiger partial charge in [0.2, 0.25) is 10.0 Å². The van der Waals surface area contributed by atoms with Crippen molar-refractivity contribution in [2.75, 3.05) is 23.0 Å². The number of halogens is 2. The monoisotopic (exact) mass is 616 g/mol. The molecule has 2 aromatic carbocycles. The Labute approximate surface area is 233 Å². The third-order valence-electron chi connectivity index (χ3n) is 5.97. The lowest BCUT2D eigenvalue weighted by Crippen LogP contribution is -2.29. The van der Waals surface area contributed by atoms with Gasteiger partial charge in [0.25, 0.3) is 0 Å². The maximum atomic E-state index is 14.7. The number of pyridine rings is 1. The number of benzene rings is 2. The van der Waals surface area contributed by atoms with Gasteiger partial charge in [-0.3, -0.25) is 9.71 Å². The van der Waals surface area contributed by atoms with Crippen molar-refractivity contribution in [1.82, 2.24) is 10.3 Å². The lowest BCUT2D eigenvalue weighted by molar-refractivity contribution is 0.416. The van der Waals surface area contributed by atoms with Crippen LogP contribution in [0.2, 0.25) is 0 Å². The molecule has 0 saturated carbocycles. The highest BCUT2D eigenvalue weighted by Crippen LogP contribution is 2.44. The third kappa shape index (κ3) is 5.24. The van der Waals surface area contributed by atoms with E-state index in [0.29, 0.717) is 38.1 Å². The van der Waals surface area contributed by atoms with Gasteiger partial charge in [0.15, 0.2) is 5.11 Å². The molecule has 0 amide bonds. The number of thiocarbonyl (C=S) groups is 1. The minimum Gasteiger partial charge on any atom is -0.495 e. The summed E-state index contributed by atoms with van der Waals surface area (Å²) in [5.74, 6) is 0.793. The van der Waals surface area contributed by atoms with Crippen molar-refractivity contribution in [2.24, 2.45) is 0 Å². The number of hydrogen-bond acceptors (Lipinski definition) is 6. The van der Waals surface area contributed by atoms with Gasteiger partial charge in [0.05, 0.1) is 36.4 Å². The van der Waals surface area contributed by atoms with Crippen LogP contribution in [0.4, 0.5) is 15.8 Å². The van der Waals surface area contributed by atoms with Gasteiger partial charge in [0, 0.05) is 16.4 Å². The van der Waals surface area contributed by atoms with Gasteiger partial charge in [-0.1, -0.05) is 22.0 Å². The molecule has 1 fully saturated rings. The first kappa shape index (κ1) is 26.1. The molecule has 1 aliphatic rings. The topological polar surface area (TPSA) is 96.7 Å². The van der Waals surface area contributed by atoms with Crippen molar-refractivity contribution < 1.29 is 22.0 Å². The smallest absolute Gasteiger partial charge is 0.229 e. The van der Waals surface area contributed by atoms with Gasteiger partial charge >= 0.3 is 0 Å². The molecule has 0 spiro atoms. The van der Waals surface area contributed by atoms with E-state index in [1.807, 2.05) is 23.1 Å². The fourth-order valence-electron chi connectivity index (χ4n) is 4.39. The van der Waals surface area contributed by atoms with Crippen LogP contribution in [-0.2, 0) is 10.0 Å². The van der Waals surface area contributed by atoms with Crippen LogP contribution >= 0.6 is 28.1 Å². The average molecular weight is 618 g/mol. The molecule has 196 valence electrons. The first-order valence-electron chi connectivity index (χ1n) is 11.4. The predicted octanol–water partition coefficient (Wildman–Crippen LogP) is 5.80. The number of ether oxygens (including phenoxy) is 1. The Morgan fingerprint density at radius 2 is 1.97 bits per heavy atom. The van der Waals surface area contributed by atoms with Crippen LogP contribution in [0.1, 0.15) is 23.5 Å². The minimum atomic E-state index is -3.58. The summed E-state index contributed by atoms with van der Waals surface area (Å²) in [5.41, 5.74) is 1.88. The summed E-state index contributed by atoms with van der Waals surface area (Å²) in [5, 5.41) is 3.70. The molecule has 0 radical (unpaired) electrons. The van der Waals surface area contributed by atoms with Gasteiger partial charge in [-0.25, -0.2) is 12.8 Å². The molecule has 0 bridgehead atoms. The van der Waals surface area contributed by atoms with Gasteiger partial charge < -0.3 is 19.4 Å². The first-order chi connectivity index (χ1) is 18.1. The number of nitrogens with one attached hydrogen (secondary N) is 2. The van der Waals surface area contributed by atoms with Crippen LogP contribution in [0.15, 0.2) is 81.8 Å². The molecule has 8 nitrogen and oxygen atoms in total. The van der Waals surface area contributed by atoms with E-state index >= 15 is 0 Å². The van der Waals surface area contributed by atoms with Crippen LogP contribution in [0.25, 0.3) is 11.3 Å². The number of nitrogens with zero attached hydrogens (tertiary/aromatic N) is 2. The molecule has 2 atom stereocenters. The molecular weight excluding hydrogens is 595 g/mol. The molecule has 4 aromatic rings. The van der Waals surface area contributed by atoms with Crippen LogP contribution < -0.4 is 19.7 Å². The maximum Gasteiger partial charge on any atom is 0.229 e. The van der Waals surface area contributed by atoms with Crippen molar-refractivity contribution >= 4 is 54.7 Å². The van der Waals surface area contributed by atoms with E-state index in [1.165, 1.54) is 13.2 Å². The second-order valence-corrected chi connectivity index (χ2v) is 11.6. The molecule has 5 rings (SSSR count). The lowest BCUT2D eigenvalue weighted by atomic mass is 10.0. The quantitative estimate of drug-likeness (QED) is 0.251. The van der Waals surface area contributed by atoms with Gasteiger partial charge in [0.1, 0.15) is 29.1 Å². The zero-order chi connectivity index (χ0) is 27.0. The van der Waals surface area contributed by atoms with Gasteiger partial charge in [-0.05, 0) is 72.9 Å². The van der Waals surface area contributed by atoms with Crippen molar-refractivity contribution in [2.45, 2.75) is 12.1 Å². The molecule has 1 saturated heterocycles. The Hall–Kier alpha value is -3.48. The molecular formula is C26H22BrFN4O4S2. The number of methoxy groups -OCH3 is 1. The highest BCUT2D eigenvalue weighted by Gasteiger charge is 2.43. The molecule has 2 aromatic heterocycles. The number of sulfonamides is 1. The Kier molecular flexibility index (Phi) is 7.12. The fraction of sp³-hybridized carbons (Fsp3) is 0.154. The SMILES string of the molecule is COc1ccc(N2C(=S)N[C@@H](c3ccccn3)[C@@H]2c2ccc(-c3ccc(Br)cc3F)o2)cc1NS(C)(=O)=O. The van der Waals surface area contributed by atoms with E-state index in [9.17, 15) is 12.8 Å². The summed E-state index contributed by atoms with van der Waals surface area (Å²) >= 11 is 9.01. The largest absolute Gasteiger partial charge is 0.495 e. The second-order valence-electron chi connectivity index (χ2n) is 8.58. The van der Waals surface area contributed by atoms with Gasteiger partial charge in [-0.2, -0.15) is 0 Å². The third-order valence-corrected chi connectivity index (χ3v) is 7.37. The number of hydrogen-bond donors (Lipinski definition) is 2. The van der Waals surface area contributed by atoms with E-state index in [1.54, 1.807) is 48.7 Å². The Morgan fingerprint density at radius 1 is 1.16 bits per heavy atom. The molecule has 12 heteroatoms. The normalized spacial score (nSPS) is 17.4. The summed E-state index contributed by atoms with van der Waals surface area (Å²) in [6.45, 7) is 0. The summed E-state index contributed by atoms with van der Waals surface area (Å²) in [6, 6.07) is 17.9. The molecule has 0 unspecified atom stereocenters. The van der Waals surface area contributed by atoms with Crippen molar-refractivity contribution in [3.05, 3.63) is 94.7 Å². The zero-order valence-electron chi connectivity index (χ0n) is 20.2. The molecule has 2 N–H and O–H groups in total. The van der Waals surface area contributed by atoms with Crippen LogP contribution in [0.5, 0.6) is 5.75 Å². The summed E-state index contributed by atoms with van der Waals surface area (Å²) in [7, 11) is -2.13. The van der Waals surface area contributed by atoms with E-state index in [4.69, 9.17) is 21.4 Å². The van der Waals surface area contributed by atoms with E-state index < -0.39 is 27.9 Å². The number of furan rings is 1. The molecule has 1 aliphatic heterocycles. The standard InChI is InChI=1S/C26H22BrFN4O4S2/c1-35-22-9-7-16(14-20(22)31-38(2,33)34)32-25(24(30-26(32)37)19-5-3-4-12-29-19)23-11-10-21(36-23)17-8-6-15(27)13-18(17)28/h3-14,24-25,31H,1-2H3,(H,30,37)/t24-,25-/m0/s1. The zero-order valence-corrected chi connectivity index (χ0v) is 23.4. The number of rotatable bonds is 7. The Balaban J connectivity index is 1.62. The second kappa shape index (κ2) is 10.4. The Morgan fingerprint density at radius 3 is 2.66 bits per heavy atom. The minimum absolute atomic E-state index is 0.257. The number of aromatic nitrogens is 1. The van der Waals surface area contributed by atoms with Gasteiger partial charge in [-0.15, -0.1) is 0 Å². The summed E-state index contributed by atoms with van der Waals surface area (Å²) < 4.78 is 53.4. The highest BCUT2D eigenvalue weighted by atomic mass is 79.9. The number of anilines is 2. The lowest BCUT2D eigenvalue weighted by Gasteiger charge is -2.27. The fourth-order valence-corrected chi connectivity index (χ4v) is 5.63. The van der Waals surface area contributed by atoms with E-state index in [-0.39, 0.29) is 5.69 Å². The van der Waals surface area contributed by atoms with Crippen molar-refractivity contribution in [3.63, 3.8) is 0 Å². The molecule has 38 heavy (non-hydrogen) atoms. The molecule has 3 heterocycles. The van der Waals surface area contributed by atoms with E-state index in [2.05, 4.69) is 31.0 Å². The average Bonchev–Trinajstić information content (AvgIpc) is 3.48. The molecule has 0 aliphatic carbocycles. The van der Waals surface area contributed by atoms with Crippen LogP contribution in [0, 0.1) is 5.82 Å². The van der Waals surface area contributed by atoms with Crippen LogP contribution in [-0.4, -0.2) is 31.9 Å². The van der Waals surface area contributed by atoms with E-state index in [0.717, 1.165) is 11.9 Å². The van der Waals surface area contributed by atoms with Crippen LogP contribution in [0.3, 0.4) is 0 Å². The predicted molar refractivity (Wildman–Crippen MR) is 151 cm³/mol.